The second-order valence-electron chi connectivity index (χ2n) is 7.14. The van der Waals surface area contributed by atoms with Crippen LogP contribution in [-0.4, -0.2) is 40.1 Å². The van der Waals surface area contributed by atoms with Crippen LogP contribution in [0.1, 0.15) is 24.4 Å². The van der Waals surface area contributed by atoms with Crippen molar-refractivity contribution >= 4 is 22.4 Å². The van der Waals surface area contributed by atoms with Gasteiger partial charge in [0, 0.05) is 17.5 Å². The minimum absolute atomic E-state index is 0.176. The van der Waals surface area contributed by atoms with Crippen LogP contribution in [0.2, 0.25) is 0 Å². The number of rotatable bonds is 5. The van der Waals surface area contributed by atoms with Gasteiger partial charge >= 0.3 is 0 Å². The number of benzene rings is 2. The van der Waals surface area contributed by atoms with Crippen LogP contribution in [0.3, 0.4) is 0 Å². The fourth-order valence-electron chi connectivity index (χ4n) is 3.64. The molecule has 150 valence electrons. The highest BCUT2D eigenvalue weighted by Gasteiger charge is 2.31. The van der Waals surface area contributed by atoms with Crippen LogP contribution in [-0.2, 0) is 4.79 Å². The molecule has 3 aromatic rings. The summed E-state index contributed by atoms with van der Waals surface area (Å²) in [5.41, 5.74) is 2.37. The lowest BCUT2D eigenvalue weighted by atomic mass is 10.00. The number of piperidine rings is 1. The third-order valence-electron chi connectivity index (χ3n) is 5.03. The summed E-state index contributed by atoms with van der Waals surface area (Å²) in [5.74, 6) is -0.475. The Morgan fingerprint density at radius 2 is 1.97 bits per heavy atom. The average Bonchev–Trinajstić information content (AvgIpc) is 3.18. The maximum atomic E-state index is 13.2. The molecule has 0 bridgehead atoms. The molecule has 1 aliphatic rings. The lowest BCUT2D eigenvalue weighted by Gasteiger charge is -2.35. The fraction of sp³-hybridized carbons (Fsp3) is 0.273. The quantitative estimate of drug-likeness (QED) is 0.664. The van der Waals surface area contributed by atoms with Gasteiger partial charge in [-0.25, -0.2) is 9.37 Å². The number of carbonyl (C=O) groups excluding carboxylic acids is 1. The van der Waals surface area contributed by atoms with Crippen molar-refractivity contribution in [2.75, 3.05) is 18.4 Å². The highest BCUT2D eigenvalue weighted by atomic mass is 32.1. The van der Waals surface area contributed by atoms with E-state index in [-0.39, 0.29) is 11.7 Å². The van der Waals surface area contributed by atoms with Crippen molar-refractivity contribution in [3.63, 3.8) is 0 Å². The van der Waals surface area contributed by atoms with Gasteiger partial charge in [-0.05, 0) is 49.2 Å². The molecule has 7 heteroatoms. The molecule has 1 amide bonds. The topological polar surface area (TPSA) is 65.5 Å². The Kier molecular flexibility index (Phi) is 5.99. The van der Waals surface area contributed by atoms with E-state index < -0.39 is 12.1 Å². The molecule has 0 aliphatic carbocycles. The third kappa shape index (κ3) is 4.70. The Morgan fingerprint density at radius 1 is 1.21 bits per heavy atom. The van der Waals surface area contributed by atoms with Crippen molar-refractivity contribution in [2.45, 2.75) is 25.0 Å². The monoisotopic (exact) mass is 411 g/mol. The maximum absolute atomic E-state index is 13.2. The maximum Gasteiger partial charge on any atom is 0.248 e. The first-order valence-electron chi connectivity index (χ1n) is 9.59. The zero-order valence-electron chi connectivity index (χ0n) is 15.8. The lowest BCUT2D eigenvalue weighted by molar-refractivity contribution is -0.122. The number of likely N-dealkylation sites (tertiary alicyclic amines) is 1. The van der Waals surface area contributed by atoms with Gasteiger partial charge in [-0.1, -0.05) is 30.3 Å². The van der Waals surface area contributed by atoms with E-state index in [1.165, 1.54) is 23.5 Å². The fourth-order valence-corrected chi connectivity index (χ4v) is 4.36. The largest absolute Gasteiger partial charge is 0.392 e. The Hall–Kier alpha value is -2.61. The van der Waals surface area contributed by atoms with E-state index >= 15 is 0 Å². The average molecular weight is 412 g/mol. The number of hydrogen-bond donors (Lipinski definition) is 2. The van der Waals surface area contributed by atoms with E-state index in [4.69, 9.17) is 0 Å². The minimum Gasteiger partial charge on any atom is -0.392 e. The van der Waals surface area contributed by atoms with Gasteiger partial charge in [-0.2, -0.15) is 0 Å². The molecule has 4 rings (SSSR count). The summed E-state index contributed by atoms with van der Waals surface area (Å²) in [5, 5.41) is 15.3. The van der Waals surface area contributed by atoms with Gasteiger partial charge < -0.3 is 10.4 Å². The van der Waals surface area contributed by atoms with Gasteiger partial charge in [0.2, 0.25) is 5.91 Å². The second-order valence-corrected chi connectivity index (χ2v) is 8.00. The minimum atomic E-state index is -0.496. The van der Waals surface area contributed by atoms with Crippen LogP contribution in [0, 0.1) is 5.82 Å². The number of β-amino-alcohol motifs (C(OH)–C–C–N with tert-alkyl or cyclic N) is 1. The van der Waals surface area contributed by atoms with Gasteiger partial charge in [0.1, 0.15) is 11.9 Å². The number of halogens is 1. The van der Waals surface area contributed by atoms with Gasteiger partial charge in [-0.15, -0.1) is 11.3 Å². The van der Waals surface area contributed by atoms with Crippen LogP contribution in [0.4, 0.5) is 9.52 Å². The molecule has 1 fully saturated rings. The SMILES string of the molecule is O=C(Nc1nc(-c2ccc(F)cc2)cs1)[C@H](c1ccccc1)N1CCC[C@H](O)C1. The molecule has 2 heterocycles. The normalized spacial score (nSPS) is 18.3. The predicted octanol–water partition coefficient (Wildman–Crippen LogP) is 4.09. The summed E-state index contributed by atoms with van der Waals surface area (Å²) in [6.45, 7) is 1.22. The van der Waals surface area contributed by atoms with Gasteiger partial charge in [-0.3, -0.25) is 9.69 Å². The predicted molar refractivity (Wildman–Crippen MR) is 112 cm³/mol. The Labute approximate surface area is 172 Å². The molecular weight excluding hydrogens is 389 g/mol. The summed E-state index contributed by atoms with van der Waals surface area (Å²) in [7, 11) is 0. The first-order chi connectivity index (χ1) is 14.1. The molecule has 5 nitrogen and oxygen atoms in total. The van der Waals surface area contributed by atoms with Crippen LogP contribution >= 0.6 is 11.3 Å². The smallest absolute Gasteiger partial charge is 0.248 e. The number of anilines is 1. The zero-order chi connectivity index (χ0) is 20.2. The van der Waals surface area contributed by atoms with Crippen molar-refractivity contribution in [3.8, 4) is 11.3 Å². The molecule has 29 heavy (non-hydrogen) atoms. The third-order valence-corrected chi connectivity index (χ3v) is 5.79. The second kappa shape index (κ2) is 8.82. The number of aromatic nitrogens is 1. The van der Waals surface area contributed by atoms with Crippen molar-refractivity contribution < 1.29 is 14.3 Å². The van der Waals surface area contributed by atoms with E-state index in [0.717, 1.165) is 30.5 Å². The summed E-state index contributed by atoms with van der Waals surface area (Å²) in [6.07, 6.45) is 1.18. The molecule has 2 atom stereocenters. The molecule has 0 radical (unpaired) electrons. The highest BCUT2D eigenvalue weighted by molar-refractivity contribution is 7.14. The van der Waals surface area contributed by atoms with E-state index in [1.807, 2.05) is 40.6 Å². The number of hydrogen-bond acceptors (Lipinski definition) is 5. The number of carbonyl (C=O) groups is 1. The molecule has 1 aliphatic heterocycles. The molecule has 0 spiro atoms. The van der Waals surface area contributed by atoms with Gasteiger partial charge in [0.15, 0.2) is 5.13 Å². The van der Waals surface area contributed by atoms with E-state index in [2.05, 4.69) is 10.3 Å². The Bertz CT molecular complexity index is 962. The van der Waals surface area contributed by atoms with Crippen LogP contribution in [0.5, 0.6) is 0 Å². The summed E-state index contributed by atoms with van der Waals surface area (Å²) in [4.78, 5) is 19.7. The number of aliphatic hydroxyl groups excluding tert-OH is 1. The summed E-state index contributed by atoms with van der Waals surface area (Å²) < 4.78 is 13.1. The van der Waals surface area contributed by atoms with E-state index in [1.54, 1.807) is 12.1 Å². The standard InChI is InChI=1S/C22H22FN3O2S/c23-17-10-8-15(9-11-17)19-14-29-22(24-19)25-21(28)20(16-5-2-1-3-6-16)26-12-4-7-18(27)13-26/h1-3,5-6,8-11,14,18,20,27H,4,7,12-13H2,(H,24,25,28)/t18-,20-/m0/s1. The summed E-state index contributed by atoms with van der Waals surface area (Å²) in [6, 6.07) is 15.2. The molecule has 0 saturated carbocycles. The highest BCUT2D eigenvalue weighted by Crippen LogP contribution is 2.29. The van der Waals surface area contributed by atoms with Crippen molar-refractivity contribution in [1.29, 1.82) is 0 Å². The number of thiazole rings is 1. The Morgan fingerprint density at radius 3 is 2.69 bits per heavy atom. The first kappa shape index (κ1) is 19.7. The number of aliphatic hydroxyl groups is 1. The van der Waals surface area contributed by atoms with Crippen LogP contribution in [0.15, 0.2) is 60.0 Å². The summed E-state index contributed by atoms with van der Waals surface area (Å²) >= 11 is 1.33. The van der Waals surface area contributed by atoms with Gasteiger partial charge in [0.25, 0.3) is 0 Å². The van der Waals surface area contributed by atoms with Crippen molar-refractivity contribution in [2.24, 2.45) is 0 Å². The van der Waals surface area contributed by atoms with Crippen LogP contribution in [0.25, 0.3) is 11.3 Å². The van der Waals surface area contributed by atoms with Crippen LogP contribution < -0.4 is 5.32 Å². The molecule has 0 unspecified atom stereocenters. The van der Waals surface area contributed by atoms with Gasteiger partial charge in [0.05, 0.1) is 11.8 Å². The van der Waals surface area contributed by atoms with Crippen molar-refractivity contribution in [3.05, 3.63) is 71.4 Å². The Balaban J connectivity index is 1.54. The molecule has 1 aromatic heterocycles. The van der Waals surface area contributed by atoms with E-state index in [9.17, 15) is 14.3 Å². The number of nitrogens with one attached hydrogen (secondary N) is 1. The molecule has 1 saturated heterocycles. The number of nitrogens with zero attached hydrogens (tertiary/aromatic N) is 2. The van der Waals surface area contributed by atoms with Crippen molar-refractivity contribution in [1.82, 2.24) is 9.88 Å². The van der Waals surface area contributed by atoms with E-state index in [0.29, 0.717) is 17.4 Å². The zero-order valence-corrected chi connectivity index (χ0v) is 16.6. The number of amides is 1. The first-order valence-corrected chi connectivity index (χ1v) is 10.5. The molecular formula is C22H22FN3O2S. The molecule has 2 aromatic carbocycles. The lowest BCUT2D eigenvalue weighted by Crippen LogP contribution is -2.44. The molecule has 2 N–H and O–H groups in total.